The molecule has 1 fully saturated rings. The van der Waals surface area contributed by atoms with Crippen LogP contribution in [0.1, 0.15) is 37.3 Å². The molecule has 1 aliphatic rings. The van der Waals surface area contributed by atoms with Crippen molar-refractivity contribution < 1.29 is 4.52 Å². The van der Waals surface area contributed by atoms with Crippen molar-refractivity contribution in [2.75, 3.05) is 23.7 Å². The first-order chi connectivity index (χ1) is 9.85. The Morgan fingerprint density at radius 1 is 1.25 bits per heavy atom. The topological polar surface area (TPSA) is 88.8 Å². The SMILES string of the molecule is CCNc1cc(NCCc2ncon2)nc(C2CC2)n1. The largest absolute Gasteiger partial charge is 0.370 e. The van der Waals surface area contributed by atoms with Gasteiger partial charge in [-0.3, -0.25) is 0 Å². The maximum Gasteiger partial charge on any atom is 0.213 e. The lowest BCUT2D eigenvalue weighted by Crippen LogP contribution is -2.10. The molecule has 2 aromatic rings. The van der Waals surface area contributed by atoms with Gasteiger partial charge in [0.25, 0.3) is 0 Å². The molecule has 2 heterocycles. The molecule has 7 heteroatoms. The summed E-state index contributed by atoms with van der Waals surface area (Å²) >= 11 is 0. The standard InChI is InChI=1S/C13H18N6O/c1-2-14-11-7-12(18-13(17-11)9-3-4-9)15-6-5-10-16-8-20-19-10/h7-9H,2-6H2,1H3,(H2,14,15,17,18). The lowest BCUT2D eigenvalue weighted by atomic mass is 10.3. The minimum Gasteiger partial charge on any atom is -0.370 e. The average Bonchev–Trinajstić information content (AvgIpc) is 3.17. The lowest BCUT2D eigenvalue weighted by molar-refractivity contribution is 0.410. The zero-order valence-corrected chi connectivity index (χ0v) is 11.5. The number of aromatic nitrogens is 4. The zero-order chi connectivity index (χ0) is 13.8. The van der Waals surface area contributed by atoms with Crippen LogP contribution in [-0.2, 0) is 6.42 Å². The van der Waals surface area contributed by atoms with E-state index >= 15 is 0 Å². The fourth-order valence-corrected chi connectivity index (χ4v) is 1.96. The maximum absolute atomic E-state index is 4.70. The Balaban J connectivity index is 1.64. The summed E-state index contributed by atoms with van der Waals surface area (Å²) < 4.78 is 4.70. The van der Waals surface area contributed by atoms with E-state index < -0.39 is 0 Å². The molecule has 0 saturated heterocycles. The number of anilines is 2. The van der Waals surface area contributed by atoms with Gasteiger partial charge in [0.1, 0.15) is 17.5 Å². The van der Waals surface area contributed by atoms with Gasteiger partial charge in [0.2, 0.25) is 6.39 Å². The second-order valence-corrected chi connectivity index (χ2v) is 4.83. The smallest absolute Gasteiger partial charge is 0.213 e. The monoisotopic (exact) mass is 274 g/mol. The molecule has 7 nitrogen and oxygen atoms in total. The molecule has 0 bridgehead atoms. The Morgan fingerprint density at radius 3 is 2.70 bits per heavy atom. The predicted molar refractivity (Wildman–Crippen MR) is 74.7 cm³/mol. The van der Waals surface area contributed by atoms with Crippen molar-refractivity contribution in [2.24, 2.45) is 0 Å². The number of rotatable bonds is 7. The Hall–Kier alpha value is -2.18. The van der Waals surface area contributed by atoms with Crippen LogP contribution in [0.2, 0.25) is 0 Å². The highest BCUT2D eigenvalue weighted by molar-refractivity contribution is 5.48. The van der Waals surface area contributed by atoms with Gasteiger partial charge in [0.05, 0.1) is 0 Å². The van der Waals surface area contributed by atoms with Gasteiger partial charge >= 0.3 is 0 Å². The molecular weight excluding hydrogens is 256 g/mol. The van der Waals surface area contributed by atoms with Crippen molar-refractivity contribution in [3.63, 3.8) is 0 Å². The van der Waals surface area contributed by atoms with E-state index in [0.717, 1.165) is 24.0 Å². The Morgan fingerprint density at radius 2 is 2.05 bits per heavy atom. The van der Waals surface area contributed by atoms with Crippen molar-refractivity contribution >= 4 is 11.6 Å². The molecular formula is C13H18N6O. The number of nitrogens with zero attached hydrogens (tertiary/aromatic N) is 4. The maximum atomic E-state index is 4.70. The third-order valence-electron chi connectivity index (χ3n) is 3.11. The molecule has 2 aromatic heterocycles. The molecule has 0 unspecified atom stereocenters. The van der Waals surface area contributed by atoms with E-state index in [1.165, 1.54) is 19.2 Å². The molecule has 2 N–H and O–H groups in total. The van der Waals surface area contributed by atoms with E-state index in [2.05, 4.69) is 37.7 Å². The highest BCUT2D eigenvalue weighted by Gasteiger charge is 2.27. The molecule has 1 aliphatic carbocycles. The van der Waals surface area contributed by atoms with Crippen LogP contribution in [0.3, 0.4) is 0 Å². The minimum absolute atomic E-state index is 0.534. The fraction of sp³-hybridized carbons (Fsp3) is 0.538. The van der Waals surface area contributed by atoms with Crippen molar-refractivity contribution in [3.8, 4) is 0 Å². The molecule has 0 aromatic carbocycles. The quantitative estimate of drug-likeness (QED) is 0.796. The predicted octanol–water partition coefficient (Wildman–Crippen LogP) is 1.82. The number of hydrogen-bond acceptors (Lipinski definition) is 7. The molecule has 0 radical (unpaired) electrons. The summed E-state index contributed by atoms with van der Waals surface area (Å²) in [6, 6.07) is 1.94. The van der Waals surface area contributed by atoms with Gasteiger partial charge in [-0.1, -0.05) is 5.16 Å². The van der Waals surface area contributed by atoms with E-state index in [9.17, 15) is 0 Å². The van der Waals surface area contributed by atoms with Gasteiger partial charge in [0.15, 0.2) is 5.82 Å². The van der Waals surface area contributed by atoms with Crippen LogP contribution in [0.5, 0.6) is 0 Å². The third-order valence-corrected chi connectivity index (χ3v) is 3.11. The van der Waals surface area contributed by atoms with E-state index in [1.807, 2.05) is 6.07 Å². The van der Waals surface area contributed by atoms with E-state index in [0.29, 0.717) is 24.7 Å². The van der Waals surface area contributed by atoms with Crippen LogP contribution < -0.4 is 10.6 Å². The van der Waals surface area contributed by atoms with Crippen LogP contribution in [0, 0.1) is 0 Å². The summed E-state index contributed by atoms with van der Waals surface area (Å²) in [6.45, 7) is 3.62. The van der Waals surface area contributed by atoms with E-state index in [1.54, 1.807) is 0 Å². The Kier molecular flexibility index (Phi) is 3.76. The second kappa shape index (κ2) is 5.85. The van der Waals surface area contributed by atoms with Gasteiger partial charge in [-0.2, -0.15) is 4.98 Å². The van der Waals surface area contributed by atoms with Crippen molar-refractivity contribution in [1.82, 2.24) is 20.1 Å². The first kappa shape index (κ1) is 12.8. The molecule has 106 valence electrons. The second-order valence-electron chi connectivity index (χ2n) is 4.83. The fourth-order valence-electron chi connectivity index (χ4n) is 1.96. The van der Waals surface area contributed by atoms with Gasteiger partial charge < -0.3 is 15.2 Å². The highest BCUT2D eigenvalue weighted by Crippen LogP contribution is 2.38. The summed E-state index contributed by atoms with van der Waals surface area (Å²) in [5.41, 5.74) is 0. The van der Waals surface area contributed by atoms with E-state index in [4.69, 9.17) is 4.52 Å². The molecule has 1 saturated carbocycles. The van der Waals surface area contributed by atoms with Crippen LogP contribution >= 0.6 is 0 Å². The molecule has 0 atom stereocenters. The summed E-state index contributed by atoms with van der Waals surface area (Å²) in [4.78, 5) is 13.1. The van der Waals surface area contributed by atoms with Gasteiger partial charge in [-0.15, -0.1) is 0 Å². The van der Waals surface area contributed by atoms with Gasteiger partial charge in [-0.25, -0.2) is 9.97 Å². The minimum atomic E-state index is 0.534. The molecule has 3 rings (SSSR count). The van der Waals surface area contributed by atoms with Crippen molar-refractivity contribution in [1.29, 1.82) is 0 Å². The summed E-state index contributed by atoms with van der Waals surface area (Å²) in [6.07, 6.45) is 4.43. The summed E-state index contributed by atoms with van der Waals surface area (Å²) in [7, 11) is 0. The lowest BCUT2D eigenvalue weighted by Gasteiger charge is -2.09. The average molecular weight is 274 g/mol. The van der Waals surface area contributed by atoms with Crippen LogP contribution in [0.4, 0.5) is 11.6 Å². The number of hydrogen-bond donors (Lipinski definition) is 2. The summed E-state index contributed by atoms with van der Waals surface area (Å²) in [5, 5.41) is 10.3. The van der Waals surface area contributed by atoms with Crippen LogP contribution in [-0.4, -0.2) is 33.2 Å². The van der Waals surface area contributed by atoms with Gasteiger partial charge in [0, 0.05) is 31.5 Å². The third kappa shape index (κ3) is 3.23. The Bertz CT molecular complexity index is 552. The first-order valence-electron chi connectivity index (χ1n) is 6.97. The normalized spacial score (nSPS) is 14.2. The zero-order valence-electron chi connectivity index (χ0n) is 11.5. The summed E-state index contributed by atoms with van der Waals surface area (Å²) in [5.74, 6) is 3.89. The van der Waals surface area contributed by atoms with Crippen molar-refractivity contribution in [3.05, 3.63) is 24.1 Å². The molecule has 20 heavy (non-hydrogen) atoms. The molecule has 0 aliphatic heterocycles. The van der Waals surface area contributed by atoms with Crippen LogP contribution in [0.15, 0.2) is 17.0 Å². The van der Waals surface area contributed by atoms with Gasteiger partial charge in [-0.05, 0) is 19.8 Å². The number of nitrogens with one attached hydrogen (secondary N) is 2. The molecule has 0 spiro atoms. The molecule has 0 amide bonds. The van der Waals surface area contributed by atoms with Crippen molar-refractivity contribution in [2.45, 2.75) is 32.1 Å². The first-order valence-corrected chi connectivity index (χ1v) is 6.97. The van der Waals surface area contributed by atoms with Crippen LogP contribution in [0.25, 0.3) is 0 Å². The highest BCUT2D eigenvalue weighted by atomic mass is 16.5. The van der Waals surface area contributed by atoms with E-state index in [-0.39, 0.29) is 0 Å². The Labute approximate surface area is 117 Å².